The van der Waals surface area contributed by atoms with Crippen molar-refractivity contribution in [3.05, 3.63) is 21.9 Å². The highest BCUT2D eigenvalue weighted by Gasteiger charge is 2.26. The van der Waals surface area contributed by atoms with Crippen molar-refractivity contribution in [3.63, 3.8) is 0 Å². The molecule has 0 radical (unpaired) electrons. The Balaban J connectivity index is 1.96. The summed E-state index contributed by atoms with van der Waals surface area (Å²) >= 11 is 1.64. The zero-order valence-corrected chi connectivity index (χ0v) is 12.0. The Labute approximate surface area is 125 Å². The number of aryl methyl sites for hydroxylation is 1. The van der Waals surface area contributed by atoms with E-state index in [1.807, 2.05) is 11.4 Å². The van der Waals surface area contributed by atoms with E-state index in [1.54, 1.807) is 11.3 Å². The molecule has 0 bridgehead atoms. The topological polar surface area (TPSA) is 116 Å². The zero-order chi connectivity index (χ0) is 15.4. The minimum atomic E-state index is -1.44. The molecule has 1 aromatic heterocycles. The number of carboxylic acids is 2. The predicted molar refractivity (Wildman–Crippen MR) is 75.3 cm³/mol. The molecule has 114 valence electrons. The van der Waals surface area contributed by atoms with Gasteiger partial charge >= 0.3 is 18.0 Å². The molecule has 0 spiro atoms. The molecule has 0 fully saturated rings. The van der Waals surface area contributed by atoms with Gasteiger partial charge in [-0.05, 0) is 36.3 Å². The van der Waals surface area contributed by atoms with Gasteiger partial charge in [0.25, 0.3) is 0 Å². The van der Waals surface area contributed by atoms with E-state index in [0.29, 0.717) is 0 Å². The largest absolute Gasteiger partial charge is 0.481 e. The second kappa shape index (κ2) is 6.57. The molecule has 0 aliphatic heterocycles. The minimum Gasteiger partial charge on any atom is -0.481 e. The van der Waals surface area contributed by atoms with Crippen molar-refractivity contribution >= 4 is 29.3 Å². The van der Waals surface area contributed by atoms with Crippen molar-refractivity contribution in [3.8, 4) is 0 Å². The molecule has 0 saturated heterocycles. The SMILES string of the molecule is O=C(O)C[C@@H](NC(=O)NC1CCCc2sccc21)C(=O)O. The Morgan fingerprint density at radius 2 is 2.14 bits per heavy atom. The lowest BCUT2D eigenvalue weighted by molar-refractivity contribution is -0.145. The number of thiophene rings is 1. The van der Waals surface area contributed by atoms with E-state index in [0.717, 1.165) is 24.8 Å². The fourth-order valence-electron chi connectivity index (χ4n) is 2.37. The van der Waals surface area contributed by atoms with Gasteiger partial charge in [0.1, 0.15) is 6.04 Å². The Morgan fingerprint density at radius 3 is 2.81 bits per heavy atom. The lowest BCUT2D eigenvalue weighted by Crippen LogP contribution is -2.48. The quantitative estimate of drug-likeness (QED) is 0.655. The van der Waals surface area contributed by atoms with Crippen molar-refractivity contribution in [2.45, 2.75) is 37.8 Å². The van der Waals surface area contributed by atoms with Crippen LogP contribution in [0.25, 0.3) is 0 Å². The molecule has 2 rings (SSSR count). The van der Waals surface area contributed by atoms with Crippen LogP contribution in [0, 0.1) is 0 Å². The molecule has 8 heteroatoms. The maximum absolute atomic E-state index is 11.9. The number of nitrogens with one attached hydrogen (secondary N) is 2. The summed E-state index contributed by atoms with van der Waals surface area (Å²) in [6.07, 6.45) is 2.07. The number of carbonyl (C=O) groups is 3. The lowest BCUT2D eigenvalue weighted by atomic mass is 9.94. The molecule has 1 aliphatic carbocycles. The summed E-state index contributed by atoms with van der Waals surface area (Å²) in [7, 11) is 0. The fourth-order valence-corrected chi connectivity index (χ4v) is 3.36. The summed E-state index contributed by atoms with van der Waals surface area (Å²) in [5.41, 5.74) is 1.06. The van der Waals surface area contributed by atoms with Gasteiger partial charge in [-0.25, -0.2) is 9.59 Å². The van der Waals surface area contributed by atoms with Crippen molar-refractivity contribution in [1.29, 1.82) is 0 Å². The van der Waals surface area contributed by atoms with Crippen LogP contribution < -0.4 is 10.6 Å². The van der Waals surface area contributed by atoms with Crippen molar-refractivity contribution < 1.29 is 24.6 Å². The van der Waals surface area contributed by atoms with Crippen molar-refractivity contribution in [2.75, 3.05) is 0 Å². The third-order valence-electron chi connectivity index (χ3n) is 3.34. The van der Waals surface area contributed by atoms with Crippen LogP contribution in [0.1, 0.15) is 35.7 Å². The van der Waals surface area contributed by atoms with Crippen LogP contribution >= 0.6 is 11.3 Å². The zero-order valence-electron chi connectivity index (χ0n) is 11.2. The number of carbonyl (C=O) groups excluding carboxylic acids is 1. The Bertz CT molecular complexity index is 557. The first-order valence-electron chi connectivity index (χ1n) is 6.55. The molecule has 2 atom stereocenters. The molecule has 4 N–H and O–H groups in total. The summed E-state index contributed by atoms with van der Waals surface area (Å²) in [6, 6.07) is -0.296. The molecule has 0 aromatic carbocycles. The van der Waals surface area contributed by atoms with E-state index in [1.165, 1.54) is 4.88 Å². The Morgan fingerprint density at radius 1 is 1.38 bits per heavy atom. The standard InChI is InChI=1S/C13H16N2O5S/c16-11(17)6-9(12(18)19)15-13(20)14-8-2-1-3-10-7(8)4-5-21-10/h4-5,8-9H,1-3,6H2,(H,16,17)(H,18,19)(H2,14,15,20)/t8?,9-/m1/s1. The lowest BCUT2D eigenvalue weighted by Gasteiger charge is -2.24. The first kappa shape index (κ1) is 15.3. The van der Waals surface area contributed by atoms with E-state index in [4.69, 9.17) is 10.2 Å². The molecule has 2 amide bonds. The first-order chi connectivity index (χ1) is 9.97. The molecule has 21 heavy (non-hydrogen) atoms. The van der Waals surface area contributed by atoms with Crippen LogP contribution in [0.4, 0.5) is 4.79 Å². The van der Waals surface area contributed by atoms with Gasteiger partial charge in [-0.15, -0.1) is 11.3 Å². The van der Waals surface area contributed by atoms with Crippen LogP contribution in [0.15, 0.2) is 11.4 Å². The highest BCUT2D eigenvalue weighted by Crippen LogP contribution is 2.33. The second-order valence-electron chi connectivity index (χ2n) is 4.85. The highest BCUT2D eigenvalue weighted by molar-refractivity contribution is 7.10. The Hall–Kier alpha value is -2.09. The number of fused-ring (bicyclic) bond motifs is 1. The summed E-state index contributed by atoms with van der Waals surface area (Å²) < 4.78 is 0. The average Bonchev–Trinajstić information content (AvgIpc) is 2.86. The van der Waals surface area contributed by atoms with Gasteiger partial charge in [-0.1, -0.05) is 0 Å². The van der Waals surface area contributed by atoms with Crippen molar-refractivity contribution in [2.24, 2.45) is 0 Å². The number of rotatable bonds is 5. The maximum Gasteiger partial charge on any atom is 0.326 e. The molecular formula is C13H16N2O5S. The molecule has 1 heterocycles. The molecule has 1 unspecified atom stereocenters. The molecule has 1 aromatic rings. The molecule has 7 nitrogen and oxygen atoms in total. The summed E-state index contributed by atoms with van der Waals surface area (Å²) in [5.74, 6) is -2.65. The third-order valence-corrected chi connectivity index (χ3v) is 4.34. The molecule has 0 saturated carbocycles. The predicted octanol–water partition coefficient (Wildman–Crippen LogP) is 1.35. The average molecular weight is 312 g/mol. The van der Waals surface area contributed by atoms with Gasteiger partial charge in [-0.3, -0.25) is 4.79 Å². The van der Waals surface area contributed by atoms with Gasteiger partial charge in [0.15, 0.2) is 0 Å². The van der Waals surface area contributed by atoms with Crippen LogP contribution in [0.5, 0.6) is 0 Å². The number of hydrogen-bond donors (Lipinski definition) is 4. The van der Waals surface area contributed by atoms with E-state index < -0.39 is 30.4 Å². The monoisotopic (exact) mass is 312 g/mol. The number of hydrogen-bond acceptors (Lipinski definition) is 4. The summed E-state index contributed by atoms with van der Waals surface area (Å²) in [6.45, 7) is 0. The van der Waals surface area contributed by atoms with E-state index >= 15 is 0 Å². The van der Waals surface area contributed by atoms with E-state index in [9.17, 15) is 14.4 Å². The summed E-state index contributed by atoms with van der Waals surface area (Å²) in [4.78, 5) is 34.6. The first-order valence-corrected chi connectivity index (χ1v) is 7.43. The van der Waals surface area contributed by atoms with Crippen LogP contribution in [0.2, 0.25) is 0 Å². The van der Waals surface area contributed by atoms with Crippen LogP contribution in [-0.4, -0.2) is 34.2 Å². The van der Waals surface area contributed by atoms with Gasteiger partial charge in [-0.2, -0.15) is 0 Å². The van der Waals surface area contributed by atoms with Crippen molar-refractivity contribution in [1.82, 2.24) is 10.6 Å². The van der Waals surface area contributed by atoms with E-state index in [2.05, 4.69) is 10.6 Å². The molecular weight excluding hydrogens is 296 g/mol. The van der Waals surface area contributed by atoms with Gasteiger partial charge in [0.05, 0.1) is 12.5 Å². The number of amides is 2. The third kappa shape index (κ3) is 3.94. The van der Waals surface area contributed by atoms with E-state index in [-0.39, 0.29) is 6.04 Å². The summed E-state index contributed by atoms with van der Waals surface area (Å²) in [5, 5.41) is 24.4. The highest BCUT2D eigenvalue weighted by atomic mass is 32.1. The minimum absolute atomic E-state index is 0.153. The molecule has 1 aliphatic rings. The number of aliphatic carboxylic acids is 2. The number of carboxylic acid groups (broad SMARTS) is 2. The fraction of sp³-hybridized carbons (Fsp3) is 0.462. The van der Waals surface area contributed by atoms with Gasteiger partial charge in [0.2, 0.25) is 0 Å². The normalized spacial score (nSPS) is 18.4. The van der Waals surface area contributed by atoms with Gasteiger partial charge in [0, 0.05) is 4.88 Å². The second-order valence-corrected chi connectivity index (χ2v) is 5.85. The maximum atomic E-state index is 11.9. The Kier molecular flexibility index (Phi) is 4.79. The van der Waals surface area contributed by atoms with Gasteiger partial charge < -0.3 is 20.8 Å². The smallest absolute Gasteiger partial charge is 0.326 e. The number of urea groups is 1. The van der Waals surface area contributed by atoms with Crippen LogP contribution in [0.3, 0.4) is 0 Å². The van der Waals surface area contributed by atoms with Crippen LogP contribution in [-0.2, 0) is 16.0 Å².